The molecule has 3 aliphatic rings. The van der Waals surface area contributed by atoms with E-state index in [4.69, 9.17) is 9.47 Å². The Morgan fingerprint density at radius 3 is 2.65 bits per heavy atom. The summed E-state index contributed by atoms with van der Waals surface area (Å²) in [6.07, 6.45) is 0.737. The lowest BCUT2D eigenvalue weighted by atomic mass is 10.0. The van der Waals surface area contributed by atoms with Crippen molar-refractivity contribution in [3.05, 3.63) is 29.3 Å². The average Bonchev–Trinajstić information content (AvgIpc) is 3.25. The summed E-state index contributed by atoms with van der Waals surface area (Å²) in [5.74, 6) is -0.333. The van der Waals surface area contributed by atoms with Crippen molar-refractivity contribution < 1.29 is 28.7 Å². The number of benzene rings is 1. The van der Waals surface area contributed by atoms with Gasteiger partial charge >= 0.3 is 6.09 Å². The lowest BCUT2D eigenvalue weighted by Gasteiger charge is -2.29. The van der Waals surface area contributed by atoms with Crippen LogP contribution in [0.25, 0.3) is 0 Å². The Morgan fingerprint density at radius 1 is 1.16 bits per heavy atom. The quantitative estimate of drug-likeness (QED) is 0.735. The standard InChI is InChI=1S/C22H27N3O6/c1-22(2,3)31-21(29)24-9-8-15(12-24)30-14-4-5-16-13(10-14)11-25(20(16)28)17-6-7-18(26)23-19(17)27/h4-5,10,15,17H,6-9,11-12H2,1-3H3,(H,23,26,27)/t15-,17?/m1/s1. The molecule has 1 aromatic rings. The number of hydrogen-bond acceptors (Lipinski definition) is 6. The van der Waals surface area contributed by atoms with Crippen molar-refractivity contribution in [2.75, 3.05) is 13.1 Å². The predicted octanol–water partition coefficient (Wildman–Crippen LogP) is 1.84. The molecule has 2 atom stereocenters. The van der Waals surface area contributed by atoms with E-state index in [1.54, 1.807) is 17.0 Å². The Labute approximate surface area is 180 Å². The van der Waals surface area contributed by atoms with E-state index in [1.807, 2.05) is 26.8 Å². The van der Waals surface area contributed by atoms with Crippen molar-refractivity contribution in [2.45, 2.75) is 64.3 Å². The molecule has 1 aromatic carbocycles. The van der Waals surface area contributed by atoms with Gasteiger partial charge in [0.2, 0.25) is 11.8 Å². The molecule has 9 heteroatoms. The van der Waals surface area contributed by atoms with Crippen LogP contribution in [0.3, 0.4) is 0 Å². The first-order chi connectivity index (χ1) is 14.6. The molecule has 0 radical (unpaired) electrons. The highest BCUT2D eigenvalue weighted by atomic mass is 16.6. The van der Waals surface area contributed by atoms with E-state index in [-0.39, 0.29) is 30.4 Å². The number of likely N-dealkylation sites (tertiary alicyclic amines) is 1. The fourth-order valence-electron chi connectivity index (χ4n) is 4.13. The van der Waals surface area contributed by atoms with Crippen molar-refractivity contribution in [3.8, 4) is 5.75 Å². The lowest BCUT2D eigenvalue weighted by molar-refractivity contribution is -0.136. The first kappa shape index (κ1) is 21.1. The molecular formula is C22H27N3O6. The van der Waals surface area contributed by atoms with Gasteiger partial charge in [-0.2, -0.15) is 0 Å². The van der Waals surface area contributed by atoms with Crippen molar-refractivity contribution in [1.82, 2.24) is 15.1 Å². The Balaban J connectivity index is 1.38. The second-order valence-corrected chi connectivity index (χ2v) is 9.17. The summed E-state index contributed by atoms with van der Waals surface area (Å²) in [7, 11) is 0. The summed E-state index contributed by atoms with van der Waals surface area (Å²) in [5, 5.41) is 2.30. The van der Waals surface area contributed by atoms with E-state index in [9.17, 15) is 19.2 Å². The summed E-state index contributed by atoms with van der Waals surface area (Å²) >= 11 is 0. The van der Waals surface area contributed by atoms with E-state index in [0.717, 1.165) is 5.56 Å². The van der Waals surface area contributed by atoms with Crippen LogP contribution in [0.15, 0.2) is 18.2 Å². The van der Waals surface area contributed by atoms with Crippen LogP contribution in [0.1, 0.15) is 56.0 Å². The van der Waals surface area contributed by atoms with Gasteiger partial charge in [-0.1, -0.05) is 0 Å². The molecule has 3 heterocycles. The molecular weight excluding hydrogens is 402 g/mol. The highest BCUT2D eigenvalue weighted by Gasteiger charge is 2.39. The van der Waals surface area contributed by atoms with E-state index in [1.165, 1.54) is 4.90 Å². The molecule has 0 aliphatic carbocycles. The maximum absolute atomic E-state index is 12.8. The van der Waals surface area contributed by atoms with Crippen LogP contribution in [0.2, 0.25) is 0 Å². The van der Waals surface area contributed by atoms with Gasteiger partial charge in [0, 0.05) is 31.5 Å². The molecule has 31 heavy (non-hydrogen) atoms. The van der Waals surface area contributed by atoms with Crippen molar-refractivity contribution in [1.29, 1.82) is 0 Å². The number of piperidine rings is 1. The Kier molecular flexibility index (Phi) is 5.36. The Bertz CT molecular complexity index is 938. The van der Waals surface area contributed by atoms with Gasteiger partial charge in [-0.15, -0.1) is 0 Å². The molecule has 2 fully saturated rings. The molecule has 4 amide bonds. The van der Waals surface area contributed by atoms with Crippen LogP contribution in [0.5, 0.6) is 5.75 Å². The zero-order valence-corrected chi connectivity index (χ0v) is 18.0. The van der Waals surface area contributed by atoms with Crippen LogP contribution in [0, 0.1) is 0 Å². The molecule has 9 nitrogen and oxygen atoms in total. The van der Waals surface area contributed by atoms with Gasteiger partial charge in [-0.05, 0) is 51.0 Å². The zero-order valence-electron chi connectivity index (χ0n) is 18.0. The number of nitrogens with one attached hydrogen (secondary N) is 1. The van der Waals surface area contributed by atoms with Gasteiger partial charge < -0.3 is 19.3 Å². The average molecular weight is 429 g/mol. The van der Waals surface area contributed by atoms with E-state index in [2.05, 4.69) is 5.32 Å². The van der Waals surface area contributed by atoms with Crippen LogP contribution in [-0.4, -0.2) is 64.5 Å². The van der Waals surface area contributed by atoms with Crippen LogP contribution < -0.4 is 10.1 Å². The summed E-state index contributed by atoms with van der Waals surface area (Å²) in [6.45, 7) is 6.79. The minimum absolute atomic E-state index is 0.158. The molecule has 166 valence electrons. The lowest BCUT2D eigenvalue weighted by Crippen LogP contribution is -2.52. The molecule has 3 aliphatic heterocycles. The molecule has 0 bridgehead atoms. The number of carbonyl (C=O) groups is 4. The van der Waals surface area contributed by atoms with Gasteiger partial charge in [-0.3, -0.25) is 19.7 Å². The normalized spacial score (nSPS) is 23.6. The summed E-state index contributed by atoms with van der Waals surface area (Å²) in [6, 6.07) is 4.62. The highest BCUT2D eigenvalue weighted by molar-refractivity contribution is 6.05. The zero-order chi connectivity index (χ0) is 22.3. The third kappa shape index (κ3) is 4.50. The Morgan fingerprint density at radius 2 is 1.94 bits per heavy atom. The monoisotopic (exact) mass is 429 g/mol. The summed E-state index contributed by atoms with van der Waals surface area (Å²) < 4.78 is 11.5. The predicted molar refractivity (Wildman–Crippen MR) is 109 cm³/mol. The smallest absolute Gasteiger partial charge is 0.410 e. The number of nitrogens with zero attached hydrogens (tertiary/aromatic N) is 2. The van der Waals surface area contributed by atoms with Crippen LogP contribution >= 0.6 is 0 Å². The molecule has 2 saturated heterocycles. The number of amides is 4. The van der Waals surface area contributed by atoms with Gasteiger partial charge in [0.25, 0.3) is 5.91 Å². The third-order valence-electron chi connectivity index (χ3n) is 5.59. The van der Waals surface area contributed by atoms with Gasteiger partial charge in [0.05, 0.1) is 6.54 Å². The Hall–Kier alpha value is -3.10. The minimum Gasteiger partial charge on any atom is -0.489 e. The number of carbonyl (C=O) groups excluding carboxylic acids is 4. The van der Waals surface area contributed by atoms with E-state index < -0.39 is 17.6 Å². The first-order valence-electron chi connectivity index (χ1n) is 10.5. The maximum atomic E-state index is 12.8. The topological polar surface area (TPSA) is 105 Å². The SMILES string of the molecule is CC(C)(C)OC(=O)N1CC[C@@H](Oc2ccc3c(c2)CN(C2CCC(=O)NC2=O)C3=O)C1. The number of hydrogen-bond donors (Lipinski definition) is 1. The fourth-order valence-corrected chi connectivity index (χ4v) is 4.13. The third-order valence-corrected chi connectivity index (χ3v) is 5.59. The van der Waals surface area contributed by atoms with E-state index in [0.29, 0.717) is 43.8 Å². The maximum Gasteiger partial charge on any atom is 0.410 e. The van der Waals surface area contributed by atoms with Gasteiger partial charge in [0.1, 0.15) is 23.5 Å². The molecule has 0 saturated carbocycles. The largest absolute Gasteiger partial charge is 0.489 e. The number of fused-ring (bicyclic) bond motifs is 1. The second kappa shape index (κ2) is 7.86. The number of ether oxygens (including phenoxy) is 2. The van der Waals surface area contributed by atoms with Gasteiger partial charge in [-0.25, -0.2) is 4.79 Å². The highest BCUT2D eigenvalue weighted by Crippen LogP contribution is 2.31. The molecule has 0 aromatic heterocycles. The summed E-state index contributed by atoms with van der Waals surface area (Å²) in [5.41, 5.74) is 0.782. The van der Waals surface area contributed by atoms with Crippen LogP contribution in [0.4, 0.5) is 4.79 Å². The number of rotatable bonds is 3. The second-order valence-electron chi connectivity index (χ2n) is 9.17. The first-order valence-corrected chi connectivity index (χ1v) is 10.5. The molecule has 4 rings (SSSR count). The molecule has 1 unspecified atom stereocenters. The van der Waals surface area contributed by atoms with Gasteiger partial charge in [0.15, 0.2) is 0 Å². The van der Waals surface area contributed by atoms with E-state index >= 15 is 0 Å². The van der Waals surface area contributed by atoms with Crippen molar-refractivity contribution in [2.24, 2.45) is 0 Å². The summed E-state index contributed by atoms with van der Waals surface area (Å²) in [4.78, 5) is 51.7. The van der Waals surface area contributed by atoms with Crippen molar-refractivity contribution >= 4 is 23.8 Å². The number of imide groups is 1. The molecule has 0 spiro atoms. The minimum atomic E-state index is -0.640. The van der Waals surface area contributed by atoms with Crippen molar-refractivity contribution in [3.63, 3.8) is 0 Å². The fraction of sp³-hybridized carbons (Fsp3) is 0.545. The molecule has 1 N–H and O–H groups in total. The van der Waals surface area contributed by atoms with Crippen LogP contribution in [-0.2, 0) is 20.9 Å².